The molecule has 1 aliphatic carbocycles. The van der Waals surface area contributed by atoms with Gasteiger partial charge < -0.3 is 5.32 Å². The van der Waals surface area contributed by atoms with E-state index in [0.717, 1.165) is 12.0 Å². The number of hydrogen-bond donors (Lipinski definition) is 1. The molecule has 0 aromatic rings. The van der Waals surface area contributed by atoms with E-state index >= 15 is 0 Å². The molecular weight excluding hydrogens is 196 g/mol. The zero-order chi connectivity index (χ0) is 11.4. The molecule has 1 spiro atoms. The standard InChI is InChI=1S/C14H28N2/c1-13(12-15-2)16-10-8-14(9-11-16)6-4-3-5-7-14/h13,15H,3-12H2,1-2H3. The molecule has 1 aliphatic heterocycles. The summed E-state index contributed by atoms with van der Waals surface area (Å²) in [5.74, 6) is 0. The predicted octanol–water partition coefficient (Wildman–Crippen LogP) is 2.64. The van der Waals surface area contributed by atoms with Crippen LogP contribution in [0.25, 0.3) is 0 Å². The lowest BCUT2D eigenvalue weighted by molar-refractivity contribution is 0.0494. The van der Waals surface area contributed by atoms with Crippen LogP contribution in [0.15, 0.2) is 0 Å². The Morgan fingerprint density at radius 1 is 1.06 bits per heavy atom. The van der Waals surface area contributed by atoms with E-state index in [1.807, 2.05) is 0 Å². The number of rotatable bonds is 3. The first-order chi connectivity index (χ1) is 7.76. The molecule has 0 aromatic heterocycles. The quantitative estimate of drug-likeness (QED) is 0.793. The van der Waals surface area contributed by atoms with E-state index in [0.29, 0.717) is 6.04 Å². The van der Waals surface area contributed by atoms with Crippen molar-refractivity contribution in [1.82, 2.24) is 10.2 Å². The molecule has 2 rings (SSSR count). The minimum atomic E-state index is 0.714. The second-order valence-electron chi connectivity index (χ2n) is 6.00. The Kier molecular flexibility index (Phi) is 4.26. The fraction of sp³-hybridized carbons (Fsp3) is 1.00. The average Bonchev–Trinajstić information content (AvgIpc) is 2.31. The van der Waals surface area contributed by atoms with Gasteiger partial charge in [0.2, 0.25) is 0 Å². The zero-order valence-electron chi connectivity index (χ0n) is 11.1. The predicted molar refractivity (Wildman–Crippen MR) is 69.7 cm³/mol. The molecule has 0 radical (unpaired) electrons. The summed E-state index contributed by atoms with van der Waals surface area (Å²) in [6.45, 7) is 6.16. The van der Waals surface area contributed by atoms with Crippen molar-refractivity contribution in [3.05, 3.63) is 0 Å². The monoisotopic (exact) mass is 224 g/mol. The minimum absolute atomic E-state index is 0.714. The van der Waals surface area contributed by atoms with Crippen LogP contribution in [-0.4, -0.2) is 37.6 Å². The van der Waals surface area contributed by atoms with Gasteiger partial charge in [0.15, 0.2) is 0 Å². The molecule has 0 aromatic carbocycles. The van der Waals surface area contributed by atoms with Gasteiger partial charge in [0.05, 0.1) is 0 Å². The average molecular weight is 224 g/mol. The highest BCUT2D eigenvalue weighted by Crippen LogP contribution is 2.44. The number of hydrogen-bond acceptors (Lipinski definition) is 2. The SMILES string of the molecule is CNCC(C)N1CCC2(CCCCC2)CC1. The summed E-state index contributed by atoms with van der Waals surface area (Å²) < 4.78 is 0. The molecule has 2 aliphatic rings. The summed E-state index contributed by atoms with van der Waals surface area (Å²) >= 11 is 0. The molecule has 2 heteroatoms. The number of likely N-dealkylation sites (tertiary alicyclic amines) is 1. The van der Waals surface area contributed by atoms with Gasteiger partial charge in [-0.2, -0.15) is 0 Å². The number of nitrogens with zero attached hydrogens (tertiary/aromatic N) is 1. The van der Waals surface area contributed by atoms with E-state index in [1.54, 1.807) is 0 Å². The Morgan fingerprint density at radius 3 is 2.25 bits per heavy atom. The maximum Gasteiger partial charge on any atom is 0.0192 e. The van der Waals surface area contributed by atoms with Crippen LogP contribution in [0, 0.1) is 5.41 Å². The summed E-state index contributed by atoms with van der Waals surface area (Å²) in [6, 6.07) is 0.714. The molecule has 1 saturated heterocycles. The highest BCUT2D eigenvalue weighted by Gasteiger charge is 2.36. The summed E-state index contributed by atoms with van der Waals surface area (Å²) in [4.78, 5) is 2.68. The Balaban J connectivity index is 1.81. The third-order valence-corrected chi connectivity index (χ3v) is 4.90. The Bertz CT molecular complexity index is 199. The Morgan fingerprint density at radius 2 is 1.69 bits per heavy atom. The largest absolute Gasteiger partial charge is 0.318 e. The summed E-state index contributed by atoms with van der Waals surface area (Å²) in [5, 5.41) is 3.29. The lowest BCUT2D eigenvalue weighted by atomic mass is 9.68. The smallest absolute Gasteiger partial charge is 0.0192 e. The second-order valence-corrected chi connectivity index (χ2v) is 6.00. The molecule has 1 N–H and O–H groups in total. The van der Waals surface area contributed by atoms with E-state index in [1.165, 1.54) is 58.0 Å². The molecular formula is C14H28N2. The molecule has 2 fully saturated rings. The van der Waals surface area contributed by atoms with E-state index < -0.39 is 0 Å². The molecule has 1 saturated carbocycles. The van der Waals surface area contributed by atoms with Crippen LogP contribution < -0.4 is 5.32 Å². The van der Waals surface area contributed by atoms with Crippen LogP contribution in [0.3, 0.4) is 0 Å². The Labute approximate surface area is 101 Å². The van der Waals surface area contributed by atoms with Gasteiger partial charge in [0, 0.05) is 12.6 Å². The molecule has 0 bridgehead atoms. The van der Waals surface area contributed by atoms with Gasteiger partial charge in [-0.15, -0.1) is 0 Å². The number of likely N-dealkylation sites (N-methyl/N-ethyl adjacent to an activating group) is 1. The van der Waals surface area contributed by atoms with Gasteiger partial charge in [-0.05, 0) is 58.2 Å². The highest BCUT2D eigenvalue weighted by molar-refractivity contribution is 4.89. The summed E-state index contributed by atoms with van der Waals surface area (Å²) in [7, 11) is 2.06. The van der Waals surface area contributed by atoms with Crippen molar-refractivity contribution in [3.63, 3.8) is 0 Å². The number of piperidine rings is 1. The Hall–Kier alpha value is -0.0800. The van der Waals surface area contributed by atoms with Crippen molar-refractivity contribution >= 4 is 0 Å². The van der Waals surface area contributed by atoms with Crippen LogP contribution in [0.2, 0.25) is 0 Å². The van der Waals surface area contributed by atoms with Crippen molar-refractivity contribution in [2.24, 2.45) is 5.41 Å². The molecule has 0 amide bonds. The third kappa shape index (κ3) is 2.78. The van der Waals surface area contributed by atoms with E-state index in [4.69, 9.17) is 0 Å². The van der Waals surface area contributed by atoms with Crippen molar-refractivity contribution < 1.29 is 0 Å². The van der Waals surface area contributed by atoms with Gasteiger partial charge in [-0.1, -0.05) is 19.3 Å². The van der Waals surface area contributed by atoms with E-state index in [-0.39, 0.29) is 0 Å². The minimum Gasteiger partial charge on any atom is -0.318 e. The second kappa shape index (κ2) is 5.50. The molecule has 2 nitrogen and oxygen atoms in total. The molecule has 16 heavy (non-hydrogen) atoms. The molecule has 1 heterocycles. The van der Waals surface area contributed by atoms with Gasteiger partial charge in [-0.3, -0.25) is 4.90 Å². The number of nitrogens with one attached hydrogen (secondary N) is 1. The zero-order valence-corrected chi connectivity index (χ0v) is 11.1. The van der Waals surface area contributed by atoms with Crippen molar-refractivity contribution in [3.8, 4) is 0 Å². The van der Waals surface area contributed by atoms with Crippen molar-refractivity contribution in [2.45, 2.75) is 57.9 Å². The lowest BCUT2D eigenvalue weighted by Crippen LogP contribution is -2.47. The third-order valence-electron chi connectivity index (χ3n) is 4.90. The van der Waals surface area contributed by atoms with Crippen LogP contribution in [0.1, 0.15) is 51.9 Å². The molecule has 94 valence electrons. The normalized spacial score (nSPS) is 28.1. The maximum absolute atomic E-state index is 3.29. The first-order valence-electron chi connectivity index (χ1n) is 7.14. The fourth-order valence-corrected chi connectivity index (χ4v) is 3.67. The van der Waals surface area contributed by atoms with Gasteiger partial charge >= 0.3 is 0 Å². The molecule has 1 atom stereocenters. The van der Waals surface area contributed by atoms with E-state index in [9.17, 15) is 0 Å². The summed E-state index contributed by atoms with van der Waals surface area (Å²) in [5.41, 5.74) is 0.758. The highest BCUT2D eigenvalue weighted by atomic mass is 15.2. The maximum atomic E-state index is 3.29. The van der Waals surface area contributed by atoms with Crippen LogP contribution in [-0.2, 0) is 0 Å². The van der Waals surface area contributed by atoms with Crippen molar-refractivity contribution in [2.75, 3.05) is 26.7 Å². The first kappa shape index (κ1) is 12.4. The van der Waals surface area contributed by atoms with Crippen LogP contribution >= 0.6 is 0 Å². The topological polar surface area (TPSA) is 15.3 Å². The fourth-order valence-electron chi connectivity index (χ4n) is 3.67. The lowest BCUT2D eigenvalue weighted by Gasteiger charge is -2.46. The first-order valence-corrected chi connectivity index (χ1v) is 7.14. The van der Waals surface area contributed by atoms with Gasteiger partial charge in [0.1, 0.15) is 0 Å². The van der Waals surface area contributed by atoms with Gasteiger partial charge in [-0.25, -0.2) is 0 Å². The summed E-state index contributed by atoms with van der Waals surface area (Å²) in [6.07, 6.45) is 10.4. The van der Waals surface area contributed by atoms with Crippen LogP contribution in [0.4, 0.5) is 0 Å². The molecule has 1 unspecified atom stereocenters. The van der Waals surface area contributed by atoms with Crippen LogP contribution in [0.5, 0.6) is 0 Å². The van der Waals surface area contributed by atoms with Crippen molar-refractivity contribution in [1.29, 1.82) is 0 Å². The van der Waals surface area contributed by atoms with E-state index in [2.05, 4.69) is 24.2 Å². The van der Waals surface area contributed by atoms with Gasteiger partial charge in [0.25, 0.3) is 0 Å².